The van der Waals surface area contributed by atoms with Gasteiger partial charge in [-0.05, 0) is 12.8 Å². The normalized spacial score (nSPS) is 31.3. The molecule has 0 amide bonds. The van der Waals surface area contributed by atoms with Crippen LogP contribution in [0.15, 0.2) is 0 Å². The predicted molar refractivity (Wildman–Crippen MR) is 34.3 cm³/mol. The number of hydrogen-bond acceptors (Lipinski definition) is 3. The van der Waals surface area contributed by atoms with E-state index in [1.54, 1.807) is 0 Å². The molecule has 1 aliphatic carbocycles. The monoisotopic (exact) mass is 145 g/mol. The molecule has 0 radical (unpaired) electrons. The molecule has 1 fully saturated rings. The van der Waals surface area contributed by atoms with Gasteiger partial charge in [0.25, 0.3) is 0 Å². The van der Waals surface area contributed by atoms with E-state index in [-0.39, 0.29) is 12.0 Å². The highest BCUT2D eigenvalue weighted by Gasteiger charge is 2.36. The van der Waals surface area contributed by atoms with E-state index in [0.29, 0.717) is 0 Å². The summed E-state index contributed by atoms with van der Waals surface area (Å²) in [5, 5.41) is 8.53. The molecule has 0 saturated heterocycles. The maximum absolute atomic E-state index is 10.4. The van der Waals surface area contributed by atoms with Gasteiger partial charge in [-0.25, -0.2) is 0 Å². The molecule has 1 aliphatic rings. The molecule has 10 heavy (non-hydrogen) atoms. The average molecular weight is 145 g/mol. The summed E-state index contributed by atoms with van der Waals surface area (Å²) in [4.78, 5) is 15.0. The predicted octanol–water partition coefficient (Wildman–Crippen LogP) is 0.000600. The SMILES string of the molecule is CONC1CCC1C(=O)O. The van der Waals surface area contributed by atoms with Crippen LogP contribution in [0.3, 0.4) is 0 Å². The molecule has 1 rings (SSSR count). The van der Waals surface area contributed by atoms with Gasteiger partial charge in [-0.3, -0.25) is 4.79 Å². The van der Waals surface area contributed by atoms with Gasteiger partial charge in [0.1, 0.15) is 0 Å². The molecule has 58 valence electrons. The molecule has 0 heterocycles. The van der Waals surface area contributed by atoms with E-state index in [1.807, 2.05) is 0 Å². The molecule has 2 atom stereocenters. The lowest BCUT2D eigenvalue weighted by Gasteiger charge is -2.32. The van der Waals surface area contributed by atoms with Crippen LogP contribution in [-0.4, -0.2) is 24.2 Å². The highest BCUT2D eigenvalue weighted by atomic mass is 16.6. The van der Waals surface area contributed by atoms with Gasteiger partial charge in [0.2, 0.25) is 0 Å². The molecule has 0 aliphatic heterocycles. The first-order chi connectivity index (χ1) is 4.75. The minimum absolute atomic E-state index is 0.0162. The minimum atomic E-state index is -0.735. The summed E-state index contributed by atoms with van der Waals surface area (Å²) in [5.74, 6) is -0.985. The molecule has 0 bridgehead atoms. The zero-order valence-electron chi connectivity index (χ0n) is 5.83. The molecular weight excluding hydrogens is 134 g/mol. The van der Waals surface area contributed by atoms with Gasteiger partial charge in [-0.15, -0.1) is 0 Å². The first-order valence-corrected chi connectivity index (χ1v) is 3.27. The van der Waals surface area contributed by atoms with Crippen molar-refractivity contribution in [3.8, 4) is 0 Å². The van der Waals surface area contributed by atoms with E-state index in [2.05, 4.69) is 10.3 Å². The Balaban J connectivity index is 2.28. The number of carboxylic acid groups (broad SMARTS) is 1. The highest BCUT2D eigenvalue weighted by Crippen LogP contribution is 2.27. The largest absolute Gasteiger partial charge is 0.481 e. The van der Waals surface area contributed by atoms with Crippen molar-refractivity contribution in [2.75, 3.05) is 7.11 Å². The summed E-state index contributed by atoms with van der Waals surface area (Å²) in [7, 11) is 1.50. The number of carboxylic acids is 1. The summed E-state index contributed by atoms with van der Waals surface area (Å²) >= 11 is 0. The van der Waals surface area contributed by atoms with Crippen LogP contribution in [0.4, 0.5) is 0 Å². The standard InChI is InChI=1S/C6H11NO3/c1-10-7-5-3-2-4(5)6(8)9/h4-5,7H,2-3H2,1H3,(H,8,9). The second-order valence-corrected chi connectivity index (χ2v) is 2.45. The maximum atomic E-state index is 10.4. The van der Waals surface area contributed by atoms with Gasteiger partial charge >= 0.3 is 5.97 Å². The third kappa shape index (κ3) is 1.27. The van der Waals surface area contributed by atoms with E-state index < -0.39 is 5.97 Å². The Bertz CT molecular complexity index is 137. The zero-order valence-corrected chi connectivity index (χ0v) is 5.83. The van der Waals surface area contributed by atoms with E-state index in [0.717, 1.165) is 12.8 Å². The molecule has 1 saturated carbocycles. The maximum Gasteiger partial charge on any atom is 0.308 e. The van der Waals surface area contributed by atoms with E-state index in [1.165, 1.54) is 7.11 Å². The summed E-state index contributed by atoms with van der Waals surface area (Å²) in [5.41, 5.74) is 2.63. The van der Waals surface area contributed by atoms with Gasteiger partial charge in [-0.2, -0.15) is 5.48 Å². The summed E-state index contributed by atoms with van der Waals surface area (Å²) in [6, 6.07) is 0.0162. The van der Waals surface area contributed by atoms with Crippen LogP contribution < -0.4 is 5.48 Å². The van der Waals surface area contributed by atoms with Crippen LogP contribution in [0.1, 0.15) is 12.8 Å². The van der Waals surface area contributed by atoms with Crippen LogP contribution in [0.25, 0.3) is 0 Å². The van der Waals surface area contributed by atoms with Crippen LogP contribution in [-0.2, 0) is 9.63 Å². The fourth-order valence-corrected chi connectivity index (χ4v) is 1.09. The molecule has 4 nitrogen and oxygen atoms in total. The average Bonchev–Trinajstić information content (AvgIpc) is 1.78. The van der Waals surface area contributed by atoms with E-state index in [9.17, 15) is 4.79 Å². The fraction of sp³-hybridized carbons (Fsp3) is 0.833. The Morgan fingerprint density at radius 2 is 2.40 bits per heavy atom. The van der Waals surface area contributed by atoms with Crippen LogP contribution in [0.5, 0.6) is 0 Å². The number of hydrogen-bond donors (Lipinski definition) is 2. The second kappa shape index (κ2) is 2.98. The van der Waals surface area contributed by atoms with Crippen LogP contribution in [0.2, 0.25) is 0 Å². The van der Waals surface area contributed by atoms with Gasteiger partial charge in [0.05, 0.1) is 13.0 Å². The van der Waals surface area contributed by atoms with Crippen molar-refractivity contribution >= 4 is 5.97 Å². The van der Waals surface area contributed by atoms with Crippen molar-refractivity contribution in [3.05, 3.63) is 0 Å². The molecule has 0 aromatic carbocycles. The van der Waals surface area contributed by atoms with Crippen LogP contribution >= 0.6 is 0 Å². The highest BCUT2D eigenvalue weighted by molar-refractivity contribution is 5.72. The van der Waals surface area contributed by atoms with Gasteiger partial charge in [0.15, 0.2) is 0 Å². The quantitative estimate of drug-likeness (QED) is 0.549. The molecule has 2 N–H and O–H groups in total. The first kappa shape index (κ1) is 7.50. The Kier molecular flexibility index (Phi) is 2.24. The second-order valence-electron chi connectivity index (χ2n) is 2.45. The molecular formula is C6H11NO3. The van der Waals surface area contributed by atoms with Crippen molar-refractivity contribution in [1.82, 2.24) is 5.48 Å². The summed E-state index contributed by atoms with van der Waals surface area (Å²) in [6.45, 7) is 0. The summed E-state index contributed by atoms with van der Waals surface area (Å²) < 4.78 is 0. The third-order valence-electron chi connectivity index (χ3n) is 1.86. The lowest BCUT2D eigenvalue weighted by molar-refractivity contribution is -0.148. The smallest absolute Gasteiger partial charge is 0.308 e. The minimum Gasteiger partial charge on any atom is -0.481 e. The van der Waals surface area contributed by atoms with E-state index >= 15 is 0 Å². The van der Waals surface area contributed by atoms with Crippen molar-refractivity contribution < 1.29 is 14.7 Å². The molecule has 0 aromatic heterocycles. The topological polar surface area (TPSA) is 58.6 Å². The van der Waals surface area contributed by atoms with Crippen LogP contribution in [0, 0.1) is 5.92 Å². The first-order valence-electron chi connectivity index (χ1n) is 3.27. The van der Waals surface area contributed by atoms with Gasteiger partial charge in [0, 0.05) is 6.04 Å². The number of hydroxylamine groups is 1. The lowest BCUT2D eigenvalue weighted by Crippen LogP contribution is -2.47. The fourth-order valence-electron chi connectivity index (χ4n) is 1.09. The number of nitrogens with one attached hydrogen (secondary N) is 1. The van der Waals surface area contributed by atoms with Crippen molar-refractivity contribution in [2.24, 2.45) is 5.92 Å². The Morgan fingerprint density at radius 1 is 1.70 bits per heavy atom. The lowest BCUT2D eigenvalue weighted by atomic mass is 9.80. The number of aliphatic carboxylic acids is 1. The Hall–Kier alpha value is -0.610. The summed E-state index contributed by atoms with van der Waals surface area (Å²) in [6.07, 6.45) is 1.65. The molecule has 2 unspecified atom stereocenters. The molecule has 0 aromatic rings. The molecule has 0 spiro atoms. The zero-order chi connectivity index (χ0) is 7.56. The Morgan fingerprint density at radius 3 is 2.70 bits per heavy atom. The van der Waals surface area contributed by atoms with Crippen molar-refractivity contribution in [2.45, 2.75) is 18.9 Å². The Labute approximate surface area is 59.1 Å². The molecule has 4 heteroatoms. The van der Waals surface area contributed by atoms with Crippen molar-refractivity contribution in [3.63, 3.8) is 0 Å². The van der Waals surface area contributed by atoms with Gasteiger partial charge in [-0.1, -0.05) is 0 Å². The number of rotatable bonds is 3. The third-order valence-corrected chi connectivity index (χ3v) is 1.86. The number of carbonyl (C=O) groups is 1. The van der Waals surface area contributed by atoms with E-state index in [4.69, 9.17) is 5.11 Å². The van der Waals surface area contributed by atoms with Crippen molar-refractivity contribution in [1.29, 1.82) is 0 Å². The van der Waals surface area contributed by atoms with Gasteiger partial charge < -0.3 is 9.94 Å².